The van der Waals surface area contributed by atoms with E-state index in [0.29, 0.717) is 12.8 Å². The Kier molecular flexibility index (Phi) is 5.04. The molecule has 1 saturated carbocycles. The number of hydrogen-bond donors (Lipinski definition) is 2. The van der Waals surface area contributed by atoms with Crippen molar-refractivity contribution in [1.29, 1.82) is 0 Å². The first-order chi connectivity index (χ1) is 8.39. The number of carbonyl (C=O) groups is 2. The molecule has 0 aromatic carbocycles. The number of rotatable bonds is 8. The number of aliphatic carboxylic acids is 1. The van der Waals surface area contributed by atoms with E-state index < -0.39 is 36.1 Å². The summed E-state index contributed by atoms with van der Waals surface area (Å²) in [6, 6.07) is 0. The van der Waals surface area contributed by atoms with Crippen LogP contribution in [0.2, 0.25) is 0 Å². The van der Waals surface area contributed by atoms with Gasteiger partial charge in [-0.25, -0.2) is 4.39 Å². The van der Waals surface area contributed by atoms with Crippen LogP contribution in [0, 0.1) is 11.8 Å². The van der Waals surface area contributed by atoms with Crippen molar-refractivity contribution in [2.24, 2.45) is 17.6 Å². The molecule has 1 fully saturated rings. The number of amides is 1. The highest BCUT2D eigenvalue weighted by Gasteiger charge is 2.44. The quantitative estimate of drug-likeness (QED) is 0.701. The van der Waals surface area contributed by atoms with E-state index in [-0.39, 0.29) is 19.3 Å². The van der Waals surface area contributed by atoms with Crippen molar-refractivity contribution in [3.63, 3.8) is 0 Å². The third-order valence-corrected chi connectivity index (χ3v) is 3.65. The lowest BCUT2D eigenvalue weighted by Crippen LogP contribution is -2.42. The van der Waals surface area contributed by atoms with Gasteiger partial charge in [0.05, 0.1) is 18.5 Å². The van der Waals surface area contributed by atoms with Crippen molar-refractivity contribution in [2.45, 2.75) is 44.2 Å². The van der Waals surface area contributed by atoms with Gasteiger partial charge in [-0.3, -0.25) is 14.0 Å². The first kappa shape index (κ1) is 14.9. The number of carbonyl (C=O) groups excluding carboxylic acids is 1. The van der Waals surface area contributed by atoms with Crippen LogP contribution < -0.4 is 5.73 Å². The second-order valence-corrected chi connectivity index (χ2v) is 4.99. The van der Waals surface area contributed by atoms with Gasteiger partial charge in [-0.1, -0.05) is 0 Å². The van der Waals surface area contributed by atoms with Gasteiger partial charge in [-0.15, -0.1) is 0 Å². The topological polar surface area (TPSA) is 80.4 Å². The van der Waals surface area contributed by atoms with E-state index in [1.54, 1.807) is 0 Å². The summed E-state index contributed by atoms with van der Waals surface area (Å²) in [6.07, 6.45) is 1.31. The van der Waals surface area contributed by atoms with Crippen LogP contribution in [-0.2, 0) is 9.59 Å². The number of hydrogen-bond acceptors (Lipinski definition) is 2. The van der Waals surface area contributed by atoms with E-state index in [1.165, 1.54) is 0 Å². The monoisotopic (exact) mass is 263 g/mol. The maximum Gasteiger partial charge on any atom is 0.307 e. The number of nitrogens with two attached hydrogens (primary N) is 1. The summed E-state index contributed by atoms with van der Waals surface area (Å²) in [5.41, 5.74) is 3.70. The van der Waals surface area contributed by atoms with Crippen molar-refractivity contribution >= 4 is 11.9 Å². The molecular weight excluding hydrogens is 244 g/mol. The minimum Gasteiger partial charge on any atom is -0.481 e. The van der Waals surface area contributed by atoms with Gasteiger partial charge in [0.25, 0.3) is 0 Å². The molecule has 2 atom stereocenters. The first-order valence-electron chi connectivity index (χ1n) is 6.16. The number of halogens is 2. The molecule has 4 nitrogen and oxygen atoms in total. The predicted octanol–water partition coefficient (Wildman–Crippen LogP) is 1.82. The fourth-order valence-electron chi connectivity index (χ4n) is 2.39. The van der Waals surface area contributed by atoms with Gasteiger partial charge in [-0.05, 0) is 38.5 Å². The third-order valence-electron chi connectivity index (χ3n) is 3.65. The van der Waals surface area contributed by atoms with Crippen molar-refractivity contribution in [2.75, 3.05) is 6.67 Å². The molecule has 0 unspecified atom stereocenters. The van der Waals surface area contributed by atoms with Gasteiger partial charge in [0, 0.05) is 0 Å². The van der Waals surface area contributed by atoms with Gasteiger partial charge < -0.3 is 10.8 Å². The lowest BCUT2D eigenvalue weighted by atomic mass is 9.72. The fourth-order valence-corrected chi connectivity index (χ4v) is 2.39. The second-order valence-electron chi connectivity index (χ2n) is 4.99. The van der Waals surface area contributed by atoms with Crippen LogP contribution >= 0.6 is 0 Å². The van der Waals surface area contributed by atoms with E-state index in [1.807, 2.05) is 0 Å². The van der Waals surface area contributed by atoms with E-state index in [4.69, 9.17) is 10.8 Å². The number of alkyl halides is 2. The lowest BCUT2D eigenvalue weighted by Gasteiger charge is -2.37. The Morgan fingerprint density at radius 3 is 2.28 bits per heavy atom. The SMILES string of the molecule is NC(=O)[C@@H](CC1(F)CCC1)[C@@H](CCCF)C(=O)O. The molecule has 1 amide bonds. The highest BCUT2D eigenvalue weighted by molar-refractivity contribution is 5.83. The van der Waals surface area contributed by atoms with Crippen molar-refractivity contribution in [1.82, 2.24) is 0 Å². The lowest BCUT2D eigenvalue weighted by molar-refractivity contribution is -0.148. The van der Waals surface area contributed by atoms with E-state index in [0.717, 1.165) is 6.42 Å². The highest BCUT2D eigenvalue weighted by atomic mass is 19.1. The summed E-state index contributed by atoms with van der Waals surface area (Å²) >= 11 is 0. The zero-order valence-electron chi connectivity index (χ0n) is 10.2. The van der Waals surface area contributed by atoms with Gasteiger partial charge in [0.2, 0.25) is 5.91 Å². The van der Waals surface area contributed by atoms with Gasteiger partial charge in [0.1, 0.15) is 5.67 Å². The molecule has 1 rings (SSSR count). The Bertz CT molecular complexity index is 318. The van der Waals surface area contributed by atoms with Crippen LogP contribution in [-0.4, -0.2) is 29.3 Å². The van der Waals surface area contributed by atoms with Crippen molar-refractivity contribution < 1.29 is 23.5 Å². The summed E-state index contributed by atoms with van der Waals surface area (Å²) in [7, 11) is 0. The molecule has 1 aliphatic carbocycles. The maximum atomic E-state index is 14.0. The standard InChI is InChI=1S/C12H19F2NO3/c13-6-1-3-8(11(17)18)9(10(15)16)7-12(14)4-2-5-12/h8-9H,1-7H2,(H2,15,16)(H,17,18)/t8-,9+/m1/s1. The van der Waals surface area contributed by atoms with Crippen molar-refractivity contribution in [3.8, 4) is 0 Å². The molecule has 0 bridgehead atoms. The molecule has 18 heavy (non-hydrogen) atoms. The van der Waals surface area contributed by atoms with Crippen LogP contribution in [0.4, 0.5) is 8.78 Å². The molecule has 0 spiro atoms. The predicted molar refractivity (Wildman–Crippen MR) is 61.3 cm³/mol. The number of carboxylic acid groups (broad SMARTS) is 1. The molecule has 104 valence electrons. The maximum absolute atomic E-state index is 14.0. The Hall–Kier alpha value is -1.20. The molecule has 0 aromatic heterocycles. The minimum absolute atomic E-state index is 0.00944. The van der Waals surface area contributed by atoms with Crippen LogP contribution in [0.3, 0.4) is 0 Å². The van der Waals surface area contributed by atoms with Gasteiger partial charge in [0.15, 0.2) is 0 Å². The Balaban J connectivity index is 2.73. The van der Waals surface area contributed by atoms with Crippen LogP contribution in [0.5, 0.6) is 0 Å². The zero-order valence-corrected chi connectivity index (χ0v) is 10.2. The van der Waals surface area contributed by atoms with Crippen molar-refractivity contribution in [3.05, 3.63) is 0 Å². The summed E-state index contributed by atoms with van der Waals surface area (Å²) in [5.74, 6) is -4.17. The smallest absolute Gasteiger partial charge is 0.307 e. The summed E-state index contributed by atoms with van der Waals surface area (Å²) in [6.45, 7) is -0.657. The fraction of sp³-hybridized carbons (Fsp3) is 0.833. The largest absolute Gasteiger partial charge is 0.481 e. The minimum atomic E-state index is -1.47. The average Bonchev–Trinajstić information content (AvgIpc) is 2.25. The van der Waals surface area contributed by atoms with E-state index in [9.17, 15) is 18.4 Å². The molecule has 3 N–H and O–H groups in total. The van der Waals surface area contributed by atoms with Crippen LogP contribution in [0.25, 0.3) is 0 Å². The molecule has 0 heterocycles. The molecule has 0 radical (unpaired) electrons. The molecule has 0 aliphatic heterocycles. The highest BCUT2D eigenvalue weighted by Crippen LogP contribution is 2.42. The van der Waals surface area contributed by atoms with E-state index >= 15 is 0 Å². The molecular formula is C12H19F2NO3. The summed E-state index contributed by atoms with van der Waals surface area (Å²) in [5, 5.41) is 9.05. The average molecular weight is 263 g/mol. The summed E-state index contributed by atoms with van der Waals surface area (Å²) < 4.78 is 26.1. The van der Waals surface area contributed by atoms with Crippen LogP contribution in [0.1, 0.15) is 38.5 Å². The van der Waals surface area contributed by atoms with Crippen LogP contribution in [0.15, 0.2) is 0 Å². The molecule has 0 aromatic rings. The first-order valence-corrected chi connectivity index (χ1v) is 6.16. The third kappa shape index (κ3) is 3.65. The number of primary amides is 1. The second kappa shape index (κ2) is 6.11. The Morgan fingerprint density at radius 1 is 1.33 bits per heavy atom. The van der Waals surface area contributed by atoms with Gasteiger partial charge >= 0.3 is 5.97 Å². The molecule has 1 aliphatic rings. The molecule has 6 heteroatoms. The zero-order chi connectivity index (χ0) is 13.8. The normalized spacial score (nSPS) is 20.8. The summed E-state index contributed by atoms with van der Waals surface area (Å²) in [4.78, 5) is 22.4. The number of carboxylic acids is 1. The van der Waals surface area contributed by atoms with Gasteiger partial charge in [-0.2, -0.15) is 0 Å². The Labute approximate surface area is 105 Å². The Morgan fingerprint density at radius 2 is 1.94 bits per heavy atom. The van der Waals surface area contributed by atoms with E-state index in [2.05, 4.69) is 0 Å². The molecule has 0 saturated heterocycles.